The van der Waals surface area contributed by atoms with E-state index in [-0.39, 0.29) is 0 Å². The van der Waals surface area contributed by atoms with Crippen molar-refractivity contribution in [3.8, 4) is 5.75 Å². The molecule has 3 heteroatoms. The van der Waals surface area contributed by atoms with Crippen LogP contribution >= 0.6 is 0 Å². The molecule has 0 saturated heterocycles. The predicted molar refractivity (Wildman–Crippen MR) is 73.9 cm³/mol. The Morgan fingerprint density at radius 2 is 2.00 bits per heavy atom. The van der Waals surface area contributed by atoms with E-state index in [1.54, 1.807) is 30.5 Å². The van der Waals surface area contributed by atoms with Crippen molar-refractivity contribution in [3.63, 3.8) is 0 Å². The number of furan rings is 1. The van der Waals surface area contributed by atoms with Crippen LogP contribution in [0.25, 0.3) is 6.08 Å². The van der Waals surface area contributed by atoms with Crippen molar-refractivity contribution >= 4 is 12.0 Å². The first-order valence-corrected chi connectivity index (χ1v) is 6.19. The van der Waals surface area contributed by atoms with Crippen LogP contribution in [0, 0.1) is 0 Å². The van der Waals surface area contributed by atoms with Crippen LogP contribution in [0.1, 0.15) is 31.1 Å². The molecule has 0 N–H and O–H groups in total. The van der Waals surface area contributed by atoms with E-state index in [1.807, 2.05) is 18.2 Å². The highest BCUT2D eigenvalue weighted by molar-refractivity contribution is 5.88. The maximum atomic E-state index is 11.7. The molecule has 0 unspecified atom stereocenters. The Morgan fingerprint density at radius 3 is 2.68 bits per heavy atom. The van der Waals surface area contributed by atoms with Gasteiger partial charge < -0.3 is 9.15 Å². The van der Waals surface area contributed by atoms with Gasteiger partial charge in [0, 0.05) is 6.08 Å². The third kappa shape index (κ3) is 3.58. The number of rotatable bonds is 4. The summed E-state index contributed by atoms with van der Waals surface area (Å²) in [6, 6.07) is 11.1. The largest absolute Gasteiger partial charge is 0.465 e. The molecule has 0 saturated carbocycles. The Hall–Kier alpha value is -2.29. The molecular weight excluding hydrogens is 240 g/mol. The summed E-state index contributed by atoms with van der Waals surface area (Å²) < 4.78 is 10.4. The Bertz CT molecular complexity index is 565. The number of esters is 1. The van der Waals surface area contributed by atoms with Crippen molar-refractivity contribution in [3.05, 3.63) is 60.1 Å². The zero-order valence-electron chi connectivity index (χ0n) is 11.0. The molecule has 0 amide bonds. The van der Waals surface area contributed by atoms with Gasteiger partial charge in [-0.05, 0) is 35.8 Å². The number of hydrogen-bond acceptors (Lipinski definition) is 3. The number of benzene rings is 1. The van der Waals surface area contributed by atoms with E-state index in [4.69, 9.17) is 9.15 Å². The first-order chi connectivity index (χ1) is 9.16. The van der Waals surface area contributed by atoms with Gasteiger partial charge in [-0.3, -0.25) is 0 Å². The summed E-state index contributed by atoms with van der Waals surface area (Å²) in [5.74, 6) is 1.11. The number of para-hydroxylation sites is 1. The third-order valence-corrected chi connectivity index (χ3v) is 2.68. The average molecular weight is 256 g/mol. The van der Waals surface area contributed by atoms with E-state index in [9.17, 15) is 4.79 Å². The van der Waals surface area contributed by atoms with Crippen LogP contribution in [-0.4, -0.2) is 5.97 Å². The van der Waals surface area contributed by atoms with Crippen molar-refractivity contribution in [2.75, 3.05) is 0 Å². The quantitative estimate of drug-likeness (QED) is 0.471. The van der Waals surface area contributed by atoms with Gasteiger partial charge in [-0.2, -0.15) is 0 Å². The molecule has 0 aliphatic heterocycles. The van der Waals surface area contributed by atoms with Crippen LogP contribution in [0.4, 0.5) is 0 Å². The number of carbonyl (C=O) groups is 1. The smallest absolute Gasteiger partial charge is 0.336 e. The molecule has 2 rings (SSSR count). The second-order valence-corrected chi connectivity index (χ2v) is 4.46. The summed E-state index contributed by atoms with van der Waals surface area (Å²) in [6.45, 7) is 4.12. The summed E-state index contributed by atoms with van der Waals surface area (Å²) in [5, 5.41) is 0. The summed E-state index contributed by atoms with van der Waals surface area (Å²) in [7, 11) is 0. The minimum Gasteiger partial charge on any atom is -0.465 e. The zero-order chi connectivity index (χ0) is 13.7. The SMILES string of the molecule is CC(C)c1ccccc1OC(=O)/C=C/c1ccco1. The zero-order valence-corrected chi connectivity index (χ0v) is 11.0. The Morgan fingerprint density at radius 1 is 1.21 bits per heavy atom. The maximum Gasteiger partial charge on any atom is 0.336 e. The summed E-state index contributed by atoms with van der Waals surface area (Å²) >= 11 is 0. The lowest BCUT2D eigenvalue weighted by atomic mass is 10.0. The number of hydrogen-bond donors (Lipinski definition) is 0. The third-order valence-electron chi connectivity index (χ3n) is 2.68. The second-order valence-electron chi connectivity index (χ2n) is 4.46. The number of carbonyl (C=O) groups excluding carboxylic acids is 1. The van der Waals surface area contributed by atoms with E-state index >= 15 is 0 Å². The molecule has 1 aromatic carbocycles. The molecule has 3 nitrogen and oxygen atoms in total. The molecule has 1 aromatic heterocycles. The van der Waals surface area contributed by atoms with Crippen molar-refractivity contribution in [2.45, 2.75) is 19.8 Å². The fourth-order valence-electron chi connectivity index (χ4n) is 1.73. The van der Waals surface area contributed by atoms with Gasteiger partial charge in [0.25, 0.3) is 0 Å². The van der Waals surface area contributed by atoms with Gasteiger partial charge in [-0.1, -0.05) is 32.0 Å². The Labute approximate surface area is 112 Å². The van der Waals surface area contributed by atoms with Crippen LogP contribution in [0.3, 0.4) is 0 Å². The lowest BCUT2D eigenvalue weighted by Gasteiger charge is -2.11. The molecular formula is C16H16O3. The van der Waals surface area contributed by atoms with Gasteiger partial charge in [-0.15, -0.1) is 0 Å². The molecule has 19 heavy (non-hydrogen) atoms. The molecule has 0 atom stereocenters. The highest BCUT2D eigenvalue weighted by atomic mass is 16.5. The first kappa shape index (κ1) is 13.1. The molecule has 0 spiro atoms. The monoisotopic (exact) mass is 256 g/mol. The molecule has 0 radical (unpaired) electrons. The van der Waals surface area contributed by atoms with Crippen LogP contribution < -0.4 is 4.74 Å². The van der Waals surface area contributed by atoms with Crippen molar-refractivity contribution in [1.29, 1.82) is 0 Å². The topological polar surface area (TPSA) is 39.4 Å². The van der Waals surface area contributed by atoms with Gasteiger partial charge in [0.05, 0.1) is 6.26 Å². The Balaban J connectivity index is 2.07. The van der Waals surface area contributed by atoms with Crippen molar-refractivity contribution in [2.24, 2.45) is 0 Å². The lowest BCUT2D eigenvalue weighted by molar-refractivity contribution is -0.128. The van der Waals surface area contributed by atoms with Gasteiger partial charge >= 0.3 is 5.97 Å². The van der Waals surface area contributed by atoms with E-state index in [0.29, 0.717) is 17.4 Å². The summed E-state index contributed by atoms with van der Waals surface area (Å²) in [6.07, 6.45) is 4.50. The van der Waals surface area contributed by atoms with Crippen LogP contribution in [-0.2, 0) is 4.79 Å². The van der Waals surface area contributed by atoms with Gasteiger partial charge in [-0.25, -0.2) is 4.79 Å². The van der Waals surface area contributed by atoms with E-state index in [2.05, 4.69) is 13.8 Å². The summed E-state index contributed by atoms with van der Waals surface area (Å²) in [4.78, 5) is 11.7. The van der Waals surface area contributed by atoms with Crippen molar-refractivity contribution < 1.29 is 13.9 Å². The molecule has 2 aromatic rings. The number of ether oxygens (including phenoxy) is 1. The highest BCUT2D eigenvalue weighted by Crippen LogP contribution is 2.25. The van der Waals surface area contributed by atoms with Gasteiger partial charge in [0.2, 0.25) is 0 Å². The van der Waals surface area contributed by atoms with E-state index < -0.39 is 5.97 Å². The van der Waals surface area contributed by atoms with Crippen LogP contribution in [0.5, 0.6) is 5.75 Å². The molecule has 98 valence electrons. The minimum absolute atomic E-state index is 0.304. The minimum atomic E-state index is -0.412. The fraction of sp³-hybridized carbons (Fsp3) is 0.188. The van der Waals surface area contributed by atoms with Gasteiger partial charge in [0.15, 0.2) is 0 Å². The first-order valence-electron chi connectivity index (χ1n) is 6.19. The second kappa shape index (κ2) is 6.05. The Kier molecular flexibility index (Phi) is 4.18. The fourth-order valence-corrected chi connectivity index (χ4v) is 1.73. The highest BCUT2D eigenvalue weighted by Gasteiger charge is 2.09. The van der Waals surface area contributed by atoms with Crippen molar-refractivity contribution in [1.82, 2.24) is 0 Å². The summed E-state index contributed by atoms with van der Waals surface area (Å²) in [5.41, 5.74) is 1.02. The predicted octanol–water partition coefficient (Wildman–Crippen LogP) is 4.02. The van der Waals surface area contributed by atoms with Crippen LogP contribution in [0.2, 0.25) is 0 Å². The molecule has 0 aliphatic carbocycles. The van der Waals surface area contributed by atoms with Gasteiger partial charge in [0.1, 0.15) is 11.5 Å². The lowest BCUT2D eigenvalue weighted by Crippen LogP contribution is -2.06. The van der Waals surface area contributed by atoms with Crippen LogP contribution in [0.15, 0.2) is 53.2 Å². The molecule has 0 bridgehead atoms. The van der Waals surface area contributed by atoms with E-state index in [1.165, 1.54) is 6.08 Å². The van der Waals surface area contributed by atoms with E-state index in [0.717, 1.165) is 5.56 Å². The average Bonchev–Trinajstić information content (AvgIpc) is 2.90. The molecule has 0 aliphatic rings. The standard InChI is InChI=1S/C16H16O3/c1-12(2)14-7-3-4-8-15(14)19-16(17)10-9-13-6-5-11-18-13/h3-12H,1-2H3/b10-9+. The molecule has 1 heterocycles. The molecule has 0 fully saturated rings. The maximum absolute atomic E-state index is 11.7. The normalized spacial score (nSPS) is 11.1.